The number of benzene rings is 2. The van der Waals surface area contributed by atoms with Crippen molar-refractivity contribution in [3.05, 3.63) is 64.0 Å². The smallest absolute Gasteiger partial charge is 0.475 e. The fraction of sp³-hybridized carbons (Fsp3) is 0.316. The van der Waals surface area contributed by atoms with Crippen LogP contribution in [0.4, 0.5) is 23.2 Å². The van der Waals surface area contributed by atoms with Gasteiger partial charge in [0.25, 0.3) is 0 Å². The summed E-state index contributed by atoms with van der Waals surface area (Å²) in [5.41, 5.74) is 1.58. The van der Waals surface area contributed by atoms with Crippen molar-refractivity contribution in [3.8, 4) is 11.1 Å². The first-order chi connectivity index (χ1) is 14.1. The second-order valence-corrected chi connectivity index (χ2v) is 6.28. The van der Waals surface area contributed by atoms with Crippen molar-refractivity contribution in [2.75, 3.05) is 26.3 Å². The number of carboxylic acid groups (broad SMARTS) is 1. The number of alkyl halides is 3. The van der Waals surface area contributed by atoms with Crippen LogP contribution in [0.3, 0.4) is 0 Å². The average Bonchev–Trinajstić information content (AvgIpc) is 2.68. The van der Waals surface area contributed by atoms with Crippen LogP contribution in [0.1, 0.15) is 5.56 Å². The first-order valence-corrected chi connectivity index (χ1v) is 8.72. The summed E-state index contributed by atoms with van der Waals surface area (Å²) < 4.78 is 50.8. The number of aliphatic carboxylic acids is 1. The van der Waals surface area contributed by atoms with E-state index in [1.165, 1.54) is 6.07 Å². The highest BCUT2D eigenvalue weighted by Crippen LogP contribution is 2.32. The van der Waals surface area contributed by atoms with Crippen LogP contribution in [0.15, 0.2) is 42.5 Å². The van der Waals surface area contributed by atoms with E-state index < -0.39 is 28.6 Å². The molecular formula is C19H18F4N2O5. The topological polar surface area (TPSA) is 92.9 Å². The van der Waals surface area contributed by atoms with Gasteiger partial charge in [0.15, 0.2) is 0 Å². The molecule has 1 aliphatic heterocycles. The monoisotopic (exact) mass is 430 g/mol. The first kappa shape index (κ1) is 23.2. The molecule has 0 bridgehead atoms. The quantitative estimate of drug-likeness (QED) is 0.450. The number of para-hydroxylation sites is 1. The summed E-state index contributed by atoms with van der Waals surface area (Å²) >= 11 is 0. The highest BCUT2D eigenvalue weighted by atomic mass is 19.4. The summed E-state index contributed by atoms with van der Waals surface area (Å²) in [5, 5.41) is 18.2. The number of nitro groups is 1. The number of halogens is 4. The van der Waals surface area contributed by atoms with E-state index in [1.807, 2.05) is 12.1 Å². The maximum absolute atomic E-state index is 13.7. The van der Waals surface area contributed by atoms with Gasteiger partial charge < -0.3 is 9.84 Å². The third-order valence-electron chi connectivity index (χ3n) is 4.19. The average molecular weight is 430 g/mol. The lowest BCUT2D eigenvalue weighted by molar-refractivity contribution is -0.386. The second kappa shape index (κ2) is 10.1. The van der Waals surface area contributed by atoms with Crippen LogP contribution in [0.5, 0.6) is 0 Å². The van der Waals surface area contributed by atoms with Crippen molar-refractivity contribution in [1.29, 1.82) is 0 Å². The first-order valence-electron chi connectivity index (χ1n) is 8.72. The van der Waals surface area contributed by atoms with Gasteiger partial charge in [-0.05, 0) is 23.3 Å². The molecular weight excluding hydrogens is 412 g/mol. The van der Waals surface area contributed by atoms with E-state index in [0.717, 1.165) is 44.5 Å². The van der Waals surface area contributed by atoms with Gasteiger partial charge in [0, 0.05) is 19.6 Å². The number of hydrogen-bond acceptors (Lipinski definition) is 5. The van der Waals surface area contributed by atoms with E-state index >= 15 is 0 Å². The van der Waals surface area contributed by atoms with Gasteiger partial charge >= 0.3 is 17.8 Å². The van der Waals surface area contributed by atoms with E-state index in [4.69, 9.17) is 14.6 Å². The molecule has 3 rings (SSSR count). The molecule has 1 saturated heterocycles. The molecule has 11 heteroatoms. The Bertz CT molecular complexity index is 881. The van der Waals surface area contributed by atoms with Crippen LogP contribution in [0.2, 0.25) is 0 Å². The lowest BCUT2D eigenvalue weighted by Gasteiger charge is -2.26. The van der Waals surface area contributed by atoms with Crippen LogP contribution in [-0.2, 0) is 16.1 Å². The molecule has 7 nitrogen and oxygen atoms in total. The van der Waals surface area contributed by atoms with Crippen LogP contribution in [0, 0.1) is 15.9 Å². The normalized spacial score (nSPS) is 14.5. The Morgan fingerprint density at radius 1 is 1.13 bits per heavy atom. The third kappa shape index (κ3) is 6.49. The Hall–Kier alpha value is -3.05. The van der Waals surface area contributed by atoms with Crippen molar-refractivity contribution < 1.29 is 37.1 Å². The van der Waals surface area contributed by atoms with Crippen LogP contribution in [0.25, 0.3) is 11.1 Å². The van der Waals surface area contributed by atoms with Gasteiger partial charge in [0.05, 0.1) is 23.7 Å². The summed E-state index contributed by atoms with van der Waals surface area (Å²) in [7, 11) is 0. The van der Waals surface area contributed by atoms with Crippen molar-refractivity contribution in [3.63, 3.8) is 0 Å². The molecule has 0 amide bonds. The number of hydrogen-bond donors (Lipinski definition) is 1. The van der Waals surface area contributed by atoms with Crippen LogP contribution >= 0.6 is 0 Å². The molecule has 0 aromatic heterocycles. The number of rotatable bonds is 4. The molecule has 0 aliphatic carbocycles. The molecule has 30 heavy (non-hydrogen) atoms. The number of ether oxygens (including phenoxy) is 1. The van der Waals surface area contributed by atoms with Crippen molar-refractivity contribution in [2.24, 2.45) is 0 Å². The minimum atomic E-state index is -5.08. The summed E-state index contributed by atoms with van der Waals surface area (Å²) in [6, 6.07) is 11.6. The second-order valence-electron chi connectivity index (χ2n) is 6.28. The summed E-state index contributed by atoms with van der Waals surface area (Å²) in [6.07, 6.45) is -5.08. The van der Waals surface area contributed by atoms with Gasteiger partial charge in [-0.15, -0.1) is 0 Å². The van der Waals surface area contributed by atoms with E-state index in [2.05, 4.69) is 4.90 Å². The minimum Gasteiger partial charge on any atom is -0.475 e. The van der Waals surface area contributed by atoms with Gasteiger partial charge in [-0.3, -0.25) is 15.0 Å². The Labute approximate surface area is 168 Å². The molecule has 1 N–H and O–H groups in total. The molecule has 162 valence electrons. The Morgan fingerprint density at radius 3 is 2.20 bits per heavy atom. The molecule has 2 aromatic rings. The SMILES string of the molecule is O=C(O)C(F)(F)F.O=[N+]([O-])c1c(F)cccc1-c1ccc(CN2CCOCC2)cc1. The van der Waals surface area contributed by atoms with Crippen molar-refractivity contribution in [1.82, 2.24) is 4.90 Å². The summed E-state index contributed by atoms with van der Waals surface area (Å²) in [6.45, 7) is 4.10. The molecule has 0 saturated carbocycles. The molecule has 1 aliphatic rings. The lowest BCUT2D eigenvalue weighted by Crippen LogP contribution is -2.35. The van der Waals surface area contributed by atoms with Crippen LogP contribution in [-0.4, -0.2) is 53.4 Å². The number of carboxylic acids is 1. The van der Waals surface area contributed by atoms with E-state index in [9.17, 15) is 27.7 Å². The fourth-order valence-corrected chi connectivity index (χ4v) is 2.74. The van der Waals surface area contributed by atoms with E-state index in [-0.39, 0.29) is 0 Å². The zero-order valence-electron chi connectivity index (χ0n) is 15.6. The predicted octanol–water partition coefficient (Wildman–Crippen LogP) is 3.87. The highest BCUT2D eigenvalue weighted by molar-refractivity contribution is 5.74. The number of carbonyl (C=O) groups is 1. The number of morpholine rings is 1. The highest BCUT2D eigenvalue weighted by Gasteiger charge is 2.38. The Morgan fingerprint density at radius 2 is 1.70 bits per heavy atom. The number of nitrogens with zero attached hydrogens (tertiary/aromatic N) is 2. The molecule has 0 radical (unpaired) electrons. The Balaban J connectivity index is 0.000000396. The Kier molecular flexibility index (Phi) is 7.84. The molecule has 2 aromatic carbocycles. The van der Waals surface area contributed by atoms with Gasteiger partial charge in [-0.1, -0.05) is 30.3 Å². The van der Waals surface area contributed by atoms with E-state index in [0.29, 0.717) is 11.1 Å². The van der Waals surface area contributed by atoms with Crippen molar-refractivity contribution >= 4 is 11.7 Å². The maximum atomic E-state index is 13.7. The molecule has 1 heterocycles. The number of nitro benzene ring substituents is 1. The van der Waals surface area contributed by atoms with Gasteiger partial charge in [0.2, 0.25) is 5.82 Å². The van der Waals surface area contributed by atoms with Gasteiger partial charge in [0.1, 0.15) is 0 Å². The van der Waals surface area contributed by atoms with Crippen LogP contribution < -0.4 is 0 Å². The molecule has 1 fully saturated rings. The zero-order chi connectivity index (χ0) is 22.3. The summed E-state index contributed by atoms with van der Waals surface area (Å²) in [5.74, 6) is -3.57. The summed E-state index contributed by atoms with van der Waals surface area (Å²) in [4.78, 5) is 21.6. The lowest BCUT2D eigenvalue weighted by atomic mass is 10.0. The van der Waals surface area contributed by atoms with Gasteiger partial charge in [-0.2, -0.15) is 17.6 Å². The van der Waals surface area contributed by atoms with Gasteiger partial charge in [-0.25, -0.2) is 4.79 Å². The fourth-order valence-electron chi connectivity index (χ4n) is 2.74. The standard InChI is InChI=1S/C17H17FN2O3.C2HF3O2/c18-16-3-1-2-15(17(16)20(21)22)14-6-4-13(5-7-14)12-19-8-10-23-11-9-19;3-2(4,5)1(6)7/h1-7H,8-12H2;(H,6,7). The largest absolute Gasteiger partial charge is 0.490 e. The molecule has 0 spiro atoms. The third-order valence-corrected chi connectivity index (χ3v) is 4.19. The maximum Gasteiger partial charge on any atom is 0.490 e. The van der Waals surface area contributed by atoms with Crippen molar-refractivity contribution in [2.45, 2.75) is 12.7 Å². The minimum absolute atomic E-state index is 0.299. The molecule has 0 unspecified atom stereocenters. The zero-order valence-corrected chi connectivity index (χ0v) is 15.6. The molecule has 0 atom stereocenters. The van der Waals surface area contributed by atoms with E-state index in [1.54, 1.807) is 18.2 Å². The predicted molar refractivity (Wildman–Crippen MR) is 98.3 cm³/mol.